The Bertz CT molecular complexity index is 539. The van der Waals surface area contributed by atoms with Crippen molar-refractivity contribution < 1.29 is 14.1 Å². The number of rotatable bonds is 6. The predicted molar refractivity (Wildman–Crippen MR) is 90.5 cm³/mol. The Morgan fingerprint density at radius 3 is 2.79 bits per heavy atom. The zero-order chi connectivity index (χ0) is 16.9. The smallest absolute Gasteiger partial charge is 0.222 e. The number of aromatic nitrogens is 1. The molecule has 0 bridgehead atoms. The maximum Gasteiger partial charge on any atom is 0.222 e. The summed E-state index contributed by atoms with van der Waals surface area (Å²) < 4.78 is 10.9. The molecule has 2 saturated heterocycles. The second kappa shape index (κ2) is 8.12. The predicted octanol–water partition coefficient (Wildman–Crippen LogP) is 2.37. The zero-order valence-corrected chi connectivity index (χ0v) is 14.9. The summed E-state index contributed by atoms with van der Waals surface area (Å²) in [6.07, 6.45) is 6.13. The topological polar surface area (TPSA) is 58.8 Å². The molecule has 6 heteroatoms. The number of amides is 1. The van der Waals surface area contributed by atoms with E-state index in [-0.39, 0.29) is 12.1 Å². The Morgan fingerprint density at radius 1 is 1.33 bits per heavy atom. The first-order valence-electron chi connectivity index (χ1n) is 9.14. The Hall–Kier alpha value is -1.40. The number of hydrogen-bond acceptors (Lipinski definition) is 5. The maximum atomic E-state index is 12.4. The van der Waals surface area contributed by atoms with Gasteiger partial charge in [0.05, 0.1) is 11.8 Å². The lowest BCUT2D eigenvalue weighted by Crippen LogP contribution is -2.49. The summed E-state index contributed by atoms with van der Waals surface area (Å²) >= 11 is 0. The molecule has 0 aliphatic carbocycles. The molecule has 134 valence electrons. The van der Waals surface area contributed by atoms with Crippen LogP contribution < -0.4 is 0 Å². The minimum Gasteiger partial charge on any atom is -0.380 e. The van der Waals surface area contributed by atoms with Gasteiger partial charge in [0.1, 0.15) is 5.76 Å². The minimum atomic E-state index is 0.193. The van der Waals surface area contributed by atoms with Crippen LogP contribution in [-0.4, -0.2) is 59.8 Å². The number of carbonyl (C=O) groups excluding carboxylic acids is 1. The number of methoxy groups -OCH3 is 1. The van der Waals surface area contributed by atoms with Crippen LogP contribution in [0.15, 0.2) is 10.6 Å². The van der Waals surface area contributed by atoms with E-state index in [2.05, 4.69) is 10.1 Å². The third-order valence-corrected chi connectivity index (χ3v) is 5.29. The Balaban J connectivity index is 1.61. The highest BCUT2D eigenvalue weighted by molar-refractivity contribution is 5.76. The molecule has 0 N–H and O–H groups in total. The highest BCUT2D eigenvalue weighted by atomic mass is 16.5. The molecule has 2 fully saturated rings. The van der Waals surface area contributed by atoms with Gasteiger partial charge in [-0.25, -0.2) is 0 Å². The van der Waals surface area contributed by atoms with Crippen LogP contribution in [0.2, 0.25) is 0 Å². The van der Waals surface area contributed by atoms with Crippen LogP contribution in [0.25, 0.3) is 0 Å². The summed E-state index contributed by atoms with van der Waals surface area (Å²) in [6.45, 7) is 5.56. The normalized spacial score (nSPS) is 25.3. The van der Waals surface area contributed by atoms with Gasteiger partial charge in [-0.15, -0.1) is 0 Å². The average molecular weight is 335 g/mol. The van der Waals surface area contributed by atoms with Gasteiger partial charge in [0.2, 0.25) is 5.91 Å². The van der Waals surface area contributed by atoms with E-state index in [9.17, 15) is 4.79 Å². The second-order valence-corrected chi connectivity index (χ2v) is 7.01. The molecule has 3 rings (SSSR count). The molecule has 1 aromatic heterocycles. The molecule has 2 aliphatic heterocycles. The molecule has 0 unspecified atom stereocenters. The van der Waals surface area contributed by atoms with E-state index in [1.165, 1.54) is 0 Å². The van der Waals surface area contributed by atoms with Crippen LogP contribution in [0.3, 0.4) is 0 Å². The number of piperidine rings is 1. The molecule has 0 saturated carbocycles. The number of carbonyl (C=O) groups is 1. The second-order valence-electron chi connectivity index (χ2n) is 7.01. The monoisotopic (exact) mass is 335 g/mol. The summed E-state index contributed by atoms with van der Waals surface area (Å²) in [5, 5.41) is 4.12. The van der Waals surface area contributed by atoms with Gasteiger partial charge in [-0.3, -0.25) is 9.69 Å². The first-order chi connectivity index (χ1) is 11.7. The van der Waals surface area contributed by atoms with E-state index in [0.29, 0.717) is 12.3 Å². The van der Waals surface area contributed by atoms with Crippen molar-refractivity contribution in [2.24, 2.45) is 0 Å². The lowest BCUT2D eigenvalue weighted by Gasteiger charge is -2.40. The van der Waals surface area contributed by atoms with Crippen LogP contribution in [0, 0.1) is 6.92 Å². The molecule has 24 heavy (non-hydrogen) atoms. The number of ether oxygens (including phenoxy) is 1. The molecular weight excluding hydrogens is 306 g/mol. The summed E-state index contributed by atoms with van der Waals surface area (Å²) in [4.78, 5) is 16.8. The van der Waals surface area contributed by atoms with E-state index in [4.69, 9.17) is 9.26 Å². The van der Waals surface area contributed by atoms with Crippen LogP contribution in [-0.2, 0) is 16.1 Å². The van der Waals surface area contributed by atoms with Gasteiger partial charge in [0, 0.05) is 45.3 Å². The Kier molecular flexibility index (Phi) is 5.89. The standard InChI is InChI=1S/C18H29N3O3/c1-14-12-15(19-24-14)13-21-11-5-6-17(23-2)16(21)7-8-18(22)20-9-3-4-10-20/h12,16-17H,3-11,13H2,1-2H3/t16-,17-/m0/s1. The maximum absolute atomic E-state index is 12.4. The first kappa shape index (κ1) is 17.4. The van der Waals surface area contributed by atoms with Crippen LogP contribution >= 0.6 is 0 Å². The fraction of sp³-hybridized carbons (Fsp3) is 0.778. The summed E-state index contributed by atoms with van der Waals surface area (Å²) in [5.41, 5.74) is 0.958. The average Bonchev–Trinajstić information content (AvgIpc) is 3.25. The van der Waals surface area contributed by atoms with Crippen molar-refractivity contribution in [3.8, 4) is 0 Å². The highest BCUT2D eigenvalue weighted by Gasteiger charge is 2.32. The molecule has 2 atom stereocenters. The van der Waals surface area contributed by atoms with Crippen molar-refractivity contribution in [1.29, 1.82) is 0 Å². The third kappa shape index (κ3) is 4.16. The Morgan fingerprint density at radius 2 is 2.12 bits per heavy atom. The Labute approximate surface area is 144 Å². The molecule has 0 radical (unpaired) electrons. The van der Waals surface area contributed by atoms with Crippen LogP contribution in [0.1, 0.15) is 50.0 Å². The van der Waals surface area contributed by atoms with Crippen LogP contribution in [0.5, 0.6) is 0 Å². The van der Waals surface area contributed by atoms with E-state index < -0.39 is 0 Å². The van der Waals surface area contributed by atoms with Crippen molar-refractivity contribution in [2.45, 2.75) is 64.1 Å². The summed E-state index contributed by atoms with van der Waals surface area (Å²) in [7, 11) is 1.78. The SMILES string of the molecule is CO[C@H]1CCCN(Cc2cc(C)on2)[C@H]1CCC(=O)N1CCCC1. The van der Waals surface area contributed by atoms with E-state index in [0.717, 1.165) is 69.7 Å². The van der Waals surface area contributed by atoms with E-state index in [1.807, 2.05) is 17.9 Å². The largest absolute Gasteiger partial charge is 0.380 e. The van der Waals surface area contributed by atoms with Crippen molar-refractivity contribution in [1.82, 2.24) is 15.0 Å². The van der Waals surface area contributed by atoms with Gasteiger partial charge in [-0.2, -0.15) is 0 Å². The number of nitrogens with zero attached hydrogens (tertiary/aromatic N) is 3. The summed E-state index contributed by atoms with van der Waals surface area (Å²) in [6, 6.07) is 2.26. The van der Waals surface area contributed by atoms with Crippen molar-refractivity contribution in [2.75, 3.05) is 26.7 Å². The minimum absolute atomic E-state index is 0.193. The molecule has 3 heterocycles. The van der Waals surface area contributed by atoms with Crippen molar-refractivity contribution >= 4 is 5.91 Å². The van der Waals surface area contributed by atoms with Gasteiger partial charge >= 0.3 is 0 Å². The fourth-order valence-electron chi connectivity index (χ4n) is 4.03. The third-order valence-electron chi connectivity index (χ3n) is 5.29. The van der Waals surface area contributed by atoms with Crippen molar-refractivity contribution in [3.05, 3.63) is 17.5 Å². The number of aryl methyl sites for hydroxylation is 1. The van der Waals surface area contributed by atoms with Gasteiger partial charge in [-0.1, -0.05) is 5.16 Å². The zero-order valence-electron chi connectivity index (χ0n) is 14.9. The summed E-state index contributed by atoms with van der Waals surface area (Å²) in [5.74, 6) is 1.14. The first-order valence-corrected chi connectivity index (χ1v) is 9.14. The molecule has 1 aromatic rings. The molecule has 2 aliphatic rings. The van der Waals surface area contributed by atoms with Crippen LogP contribution in [0.4, 0.5) is 0 Å². The molecular formula is C18H29N3O3. The van der Waals surface area contributed by atoms with Gasteiger partial charge in [0.25, 0.3) is 0 Å². The lowest BCUT2D eigenvalue weighted by atomic mass is 9.94. The van der Waals surface area contributed by atoms with E-state index in [1.54, 1.807) is 7.11 Å². The van der Waals surface area contributed by atoms with Crippen molar-refractivity contribution in [3.63, 3.8) is 0 Å². The molecule has 1 amide bonds. The number of hydrogen-bond donors (Lipinski definition) is 0. The molecule has 0 spiro atoms. The van der Waals surface area contributed by atoms with Gasteiger partial charge < -0.3 is 14.2 Å². The van der Waals surface area contributed by atoms with Gasteiger partial charge in [-0.05, 0) is 45.6 Å². The fourth-order valence-corrected chi connectivity index (χ4v) is 4.03. The highest BCUT2D eigenvalue weighted by Crippen LogP contribution is 2.26. The van der Waals surface area contributed by atoms with E-state index >= 15 is 0 Å². The number of likely N-dealkylation sites (tertiary alicyclic amines) is 2. The molecule has 6 nitrogen and oxygen atoms in total. The molecule has 0 aromatic carbocycles. The lowest BCUT2D eigenvalue weighted by molar-refractivity contribution is -0.131. The van der Waals surface area contributed by atoms with Gasteiger partial charge in [0.15, 0.2) is 0 Å². The quantitative estimate of drug-likeness (QED) is 0.799.